The second-order valence-corrected chi connectivity index (χ2v) is 4.71. The second kappa shape index (κ2) is 5.61. The van der Waals surface area contributed by atoms with Crippen LogP contribution in [0.2, 0.25) is 0 Å². The van der Waals surface area contributed by atoms with E-state index in [1.54, 1.807) is 14.2 Å². The summed E-state index contributed by atoms with van der Waals surface area (Å²) in [6.07, 6.45) is 2.23. The summed E-state index contributed by atoms with van der Waals surface area (Å²) in [5, 5.41) is 0. The minimum atomic E-state index is 0.513. The molecule has 0 spiro atoms. The summed E-state index contributed by atoms with van der Waals surface area (Å²) in [5.74, 6) is 1.68. The number of hydrogen-bond donors (Lipinski definition) is 0. The molecule has 0 bridgehead atoms. The van der Waals surface area contributed by atoms with Gasteiger partial charge in [-0.15, -0.1) is 0 Å². The monoisotopic (exact) mass is 249 g/mol. The van der Waals surface area contributed by atoms with Crippen molar-refractivity contribution in [1.29, 1.82) is 0 Å². The number of benzene rings is 1. The van der Waals surface area contributed by atoms with Crippen LogP contribution >= 0.6 is 0 Å². The molecule has 3 nitrogen and oxygen atoms in total. The van der Waals surface area contributed by atoms with Crippen molar-refractivity contribution in [3.63, 3.8) is 0 Å². The molecule has 3 heteroatoms. The van der Waals surface area contributed by atoms with Crippen molar-refractivity contribution < 1.29 is 9.47 Å². The van der Waals surface area contributed by atoms with E-state index in [4.69, 9.17) is 9.47 Å². The zero-order chi connectivity index (χ0) is 13.1. The Morgan fingerprint density at radius 2 is 1.83 bits per heavy atom. The SMILES string of the molecule is CCC1c2cc(OC)c(OC)cc2CCN1CC. The van der Waals surface area contributed by atoms with Crippen molar-refractivity contribution in [2.45, 2.75) is 32.7 Å². The summed E-state index contributed by atoms with van der Waals surface area (Å²) in [6, 6.07) is 4.81. The quantitative estimate of drug-likeness (QED) is 0.818. The molecule has 1 atom stereocenters. The standard InChI is InChI=1S/C15H23NO2/c1-5-13-12-10-15(18-4)14(17-3)9-11(12)7-8-16(13)6-2/h9-10,13H,5-8H2,1-4H3. The molecule has 0 amide bonds. The van der Waals surface area contributed by atoms with Gasteiger partial charge in [0.15, 0.2) is 11.5 Å². The summed E-state index contributed by atoms with van der Waals surface area (Å²) in [4.78, 5) is 2.54. The lowest BCUT2D eigenvalue weighted by atomic mass is 9.90. The molecule has 0 radical (unpaired) electrons. The molecule has 0 aliphatic carbocycles. The van der Waals surface area contributed by atoms with E-state index in [-0.39, 0.29) is 0 Å². The fourth-order valence-electron chi connectivity index (χ4n) is 2.94. The number of rotatable bonds is 4. The van der Waals surface area contributed by atoms with Gasteiger partial charge in [-0.25, -0.2) is 0 Å². The summed E-state index contributed by atoms with van der Waals surface area (Å²) in [5.41, 5.74) is 2.81. The molecule has 18 heavy (non-hydrogen) atoms. The van der Waals surface area contributed by atoms with Crippen LogP contribution in [0.15, 0.2) is 12.1 Å². The number of ether oxygens (including phenoxy) is 2. The van der Waals surface area contributed by atoms with Crippen molar-refractivity contribution >= 4 is 0 Å². The van der Waals surface area contributed by atoms with Crippen molar-refractivity contribution in [2.75, 3.05) is 27.3 Å². The minimum Gasteiger partial charge on any atom is -0.493 e. The maximum atomic E-state index is 5.42. The van der Waals surface area contributed by atoms with Crippen LogP contribution in [0.25, 0.3) is 0 Å². The highest BCUT2D eigenvalue weighted by Crippen LogP contribution is 2.38. The highest BCUT2D eigenvalue weighted by Gasteiger charge is 2.26. The van der Waals surface area contributed by atoms with Gasteiger partial charge in [-0.1, -0.05) is 13.8 Å². The Kier molecular flexibility index (Phi) is 4.12. The third kappa shape index (κ3) is 2.19. The van der Waals surface area contributed by atoms with Crippen LogP contribution in [0.3, 0.4) is 0 Å². The fourth-order valence-corrected chi connectivity index (χ4v) is 2.94. The van der Waals surface area contributed by atoms with Gasteiger partial charge in [-0.2, -0.15) is 0 Å². The Hall–Kier alpha value is -1.22. The molecule has 1 aliphatic heterocycles. The topological polar surface area (TPSA) is 21.7 Å². The van der Waals surface area contributed by atoms with Crippen LogP contribution < -0.4 is 9.47 Å². The summed E-state index contributed by atoms with van der Waals surface area (Å²) in [6.45, 7) is 6.72. The molecule has 1 heterocycles. The van der Waals surface area contributed by atoms with E-state index in [2.05, 4.69) is 30.9 Å². The number of methoxy groups -OCH3 is 2. The molecule has 1 aromatic rings. The van der Waals surface area contributed by atoms with Gasteiger partial charge in [0, 0.05) is 12.6 Å². The largest absolute Gasteiger partial charge is 0.493 e. The van der Waals surface area contributed by atoms with Crippen LogP contribution in [0.5, 0.6) is 11.5 Å². The number of fused-ring (bicyclic) bond motifs is 1. The predicted octanol–water partition coefficient (Wildman–Crippen LogP) is 3.03. The summed E-state index contributed by atoms with van der Waals surface area (Å²) < 4.78 is 10.8. The molecule has 1 aliphatic rings. The Balaban J connectivity index is 2.45. The van der Waals surface area contributed by atoms with Gasteiger partial charge in [0.05, 0.1) is 14.2 Å². The highest BCUT2D eigenvalue weighted by atomic mass is 16.5. The van der Waals surface area contributed by atoms with E-state index in [0.717, 1.165) is 37.4 Å². The first-order valence-electron chi connectivity index (χ1n) is 6.73. The van der Waals surface area contributed by atoms with E-state index in [1.165, 1.54) is 11.1 Å². The van der Waals surface area contributed by atoms with Gasteiger partial charge in [-0.05, 0) is 42.6 Å². The zero-order valence-corrected chi connectivity index (χ0v) is 11.8. The number of nitrogens with zero attached hydrogens (tertiary/aromatic N) is 1. The summed E-state index contributed by atoms with van der Waals surface area (Å²) in [7, 11) is 3.40. The third-order valence-electron chi connectivity index (χ3n) is 3.91. The van der Waals surface area contributed by atoms with Crippen LogP contribution in [-0.2, 0) is 6.42 Å². The van der Waals surface area contributed by atoms with Crippen LogP contribution in [0, 0.1) is 0 Å². The maximum Gasteiger partial charge on any atom is 0.161 e. The lowest BCUT2D eigenvalue weighted by Gasteiger charge is -2.36. The second-order valence-electron chi connectivity index (χ2n) is 4.71. The van der Waals surface area contributed by atoms with E-state index in [1.807, 2.05) is 0 Å². The molecule has 0 saturated heterocycles. The van der Waals surface area contributed by atoms with Gasteiger partial charge >= 0.3 is 0 Å². The van der Waals surface area contributed by atoms with Crippen LogP contribution in [0.4, 0.5) is 0 Å². The van der Waals surface area contributed by atoms with Gasteiger partial charge in [-0.3, -0.25) is 4.90 Å². The molecule has 1 aromatic carbocycles. The van der Waals surface area contributed by atoms with E-state index < -0.39 is 0 Å². The van der Waals surface area contributed by atoms with Crippen molar-refractivity contribution in [2.24, 2.45) is 0 Å². The Bertz CT molecular complexity index is 417. The van der Waals surface area contributed by atoms with E-state index in [9.17, 15) is 0 Å². The first-order valence-corrected chi connectivity index (χ1v) is 6.73. The first-order chi connectivity index (χ1) is 8.74. The highest BCUT2D eigenvalue weighted by molar-refractivity contribution is 5.49. The van der Waals surface area contributed by atoms with Gasteiger partial charge in [0.25, 0.3) is 0 Å². The minimum absolute atomic E-state index is 0.513. The van der Waals surface area contributed by atoms with Gasteiger partial charge in [0.2, 0.25) is 0 Å². The molecule has 1 unspecified atom stereocenters. The average Bonchev–Trinajstić information content (AvgIpc) is 2.44. The molecule has 0 fully saturated rings. The molecule has 100 valence electrons. The molecule has 0 aromatic heterocycles. The van der Waals surface area contributed by atoms with Crippen LogP contribution in [-0.4, -0.2) is 32.2 Å². The van der Waals surface area contributed by atoms with Gasteiger partial charge in [0.1, 0.15) is 0 Å². The fraction of sp³-hybridized carbons (Fsp3) is 0.600. The smallest absolute Gasteiger partial charge is 0.161 e. The average molecular weight is 249 g/mol. The van der Waals surface area contributed by atoms with E-state index in [0.29, 0.717) is 6.04 Å². The van der Waals surface area contributed by atoms with Crippen molar-refractivity contribution in [3.8, 4) is 11.5 Å². The molecule has 0 saturated carbocycles. The zero-order valence-electron chi connectivity index (χ0n) is 11.8. The summed E-state index contributed by atoms with van der Waals surface area (Å²) >= 11 is 0. The Morgan fingerprint density at radius 3 is 2.39 bits per heavy atom. The third-order valence-corrected chi connectivity index (χ3v) is 3.91. The van der Waals surface area contributed by atoms with Gasteiger partial charge < -0.3 is 9.47 Å². The lowest BCUT2D eigenvalue weighted by Crippen LogP contribution is -2.35. The number of hydrogen-bond acceptors (Lipinski definition) is 3. The Morgan fingerprint density at radius 1 is 1.17 bits per heavy atom. The Labute approximate surface area is 110 Å². The first kappa shape index (κ1) is 13.2. The maximum absolute atomic E-state index is 5.42. The van der Waals surface area contributed by atoms with Crippen molar-refractivity contribution in [3.05, 3.63) is 23.3 Å². The molecular weight excluding hydrogens is 226 g/mol. The molecular formula is C15H23NO2. The molecule has 0 N–H and O–H groups in total. The molecule has 2 rings (SSSR count). The van der Waals surface area contributed by atoms with Crippen LogP contribution in [0.1, 0.15) is 37.4 Å². The normalized spacial score (nSPS) is 19.4. The predicted molar refractivity (Wildman–Crippen MR) is 73.5 cm³/mol. The van der Waals surface area contributed by atoms with E-state index >= 15 is 0 Å². The number of likely N-dealkylation sites (N-methyl/N-ethyl adjacent to an activating group) is 1. The van der Waals surface area contributed by atoms with Crippen molar-refractivity contribution in [1.82, 2.24) is 4.90 Å². The lowest BCUT2D eigenvalue weighted by molar-refractivity contribution is 0.189.